The van der Waals surface area contributed by atoms with Crippen LogP contribution in [0, 0.1) is 21.6 Å². The van der Waals surface area contributed by atoms with E-state index in [1.165, 1.54) is 0 Å². The summed E-state index contributed by atoms with van der Waals surface area (Å²) < 4.78 is 47.9. The van der Waals surface area contributed by atoms with Crippen LogP contribution in [0.15, 0.2) is 0 Å². The van der Waals surface area contributed by atoms with E-state index < -0.39 is 21.6 Å². The highest BCUT2D eigenvalue weighted by molar-refractivity contribution is 3.26. The van der Waals surface area contributed by atoms with Crippen LogP contribution < -0.4 is 30.3 Å². The summed E-state index contributed by atoms with van der Waals surface area (Å²) in [5.74, 6) is 8.00. The van der Waals surface area contributed by atoms with Gasteiger partial charge in [0.1, 0.15) is 0 Å². The van der Waals surface area contributed by atoms with Gasteiger partial charge < -0.3 is 18.6 Å². The van der Waals surface area contributed by atoms with Crippen molar-refractivity contribution in [2.75, 3.05) is 0 Å². The Hall–Kier alpha value is 0.260. The van der Waals surface area contributed by atoms with Crippen molar-refractivity contribution in [3.63, 3.8) is 0 Å². The standard InChI is InChI=1S/2ClHO3.H4N2/c2*2-1(3)4;1-2/h2*2H;1-2H2. The summed E-state index contributed by atoms with van der Waals surface area (Å²) in [5, 5.41) is 0. The molecule has 0 saturated carbocycles. The fraction of sp³-hybridized carbons (Fsp3) is 0. The maximum atomic E-state index is 8.52. The number of halogens is 2. The summed E-state index contributed by atoms with van der Waals surface area (Å²) >= 11 is 0. The Kier molecular flexibility index (Phi) is 26.9. The molecular weight excluding hydrogens is 195 g/mol. The van der Waals surface area contributed by atoms with Crippen LogP contribution >= 0.6 is 0 Å². The zero-order valence-electron chi connectivity index (χ0n) is 4.44. The Balaban J connectivity index is -0.0000000787. The van der Waals surface area contributed by atoms with Crippen LogP contribution in [-0.2, 0) is 0 Å². The van der Waals surface area contributed by atoms with Crippen LogP contribution in [0.25, 0.3) is 0 Å². The normalized spacial score (nSPS) is 7.80. The average molecular weight is 201 g/mol. The predicted octanol–water partition coefficient (Wildman–Crippen LogP) is -7.05. The molecule has 10 heavy (non-hydrogen) atoms. The SMILES string of the molecule is NN.[O-][Cl+2]([O-])O.[O-][Cl+2]([O-])O. The summed E-state index contributed by atoms with van der Waals surface area (Å²) in [7, 11) is -5.20. The molecule has 0 fully saturated rings. The van der Waals surface area contributed by atoms with Crippen molar-refractivity contribution >= 4 is 0 Å². The van der Waals surface area contributed by atoms with Crippen LogP contribution in [0.3, 0.4) is 0 Å². The number of nitrogens with two attached hydrogens (primary N) is 2. The van der Waals surface area contributed by atoms with Crippen LogP contribution in [0.2, 0.25) is 0 Å². The third-order valence-electron chi connectivity index (χ3n) is 0. The third kappa shape index (κ3) is 6440. The van der Waals surface area contributed by atoms with Crippen molar-refractivity contribution in [2.45, 2.75) is 0 Å². The highest BCUT2D eigenvalue weighted by Crippen LogP contribution is 1.38. The fourth-order valence-electron chi connectivity index (χ4n) is 0. The maximum absolute atomic E-state index is 8.52. The summed E-state index contributed by atoms with van der Waals surface area (Å²) in [6.45, 7) is 0. The zero-order chi connectivity index (χ0) is 9.15. The van der Waals surface area contributed by atoms with Gasteiger partial charge in [0.05, 0.1) is 0 Å². The van der Waals surface area contributed by atoms with Crippen molar-refractivity contribution in [3.05, 3.63) is 0 Å². The van der Waals surface area contributed by atoms with Gasteiger partial charge in [0, 0.05) is 9.32 Å². The molecule has 0 spiro atoms. The minimum Gasteiger partial charge on any atom is -0.321 e. The molecule has 0 atom stereocenters. The van der Waals surface area contributed by atoms with Crippen LogP contribution in [-0.4, -0.2) is 9.32 Å². The Morgan fingerprint density at radius 1 is 0.800 bits per heavy atom. The molecule has 0 unspecified atom stereocenters. The van der Waals surface area contributed by atoms with E-state index in [0.29, 0.717) is 0 Å². The molecule has 0 aromatic rings. The van der Waals surface area contributed by atoms with Gasteiger partial charge in [-0.25, -0.2) is 0 Å². The fourth-order valence-corrected chi connectivity index (χ4v) is 0. The van der Waals surface area contributed by atoms with Crippen molar-refractivity contribution < 1.29 is 49.5 Å². The monoisotopic (exact) mass is 200 g/mol. The van der Waals surface area contributed by atoms with Gasteiger partial charge >= 0.3 is 0 Å². The molecule has 0 bridgehead atoms. The minimum absolute atomic E-state index is 2.60. The molecule has 66 valence electrons. The molecule has 10 heteroatoms. The molecule has 0 aromatic heterocycles. The number of hydrogen-bond donors (Lipinski definition) is 4. The Morgan fingerprint density at radius 2 is 0.800 bits per heavy atom. The first kappa shape index (κ1) is 16.7. The Morgan fingerprint density at radius 3 is 0.800 bits per heavy atom. The van der Waals surface area contributed by atoms with E-state index in [-0.39, 0.29) is 0 Å². The lowest BCUT2D eigenvalue weighted by molar-refractivity contribution is -1.63. The summed E-state index contributed by atoms with van der Waals surface area (Å²) in [5.41, 5.74) is 0. The number of rotatable bonds is 0. The molecule has 0 aromatic carbocycles. The highest BCUT2D eigenvalue weighted by atomic mass is 35.6. The van der Waals surface area contributed by atoms with E-state index in [2.05, 4.69) is 11.7 Å². The van der Waals surface area contributed by atoms with Crippen molar-refractivity contribution in [1.29, 1.82) is 0 Å². The van der Waals surface area contributed by atoms with Gasteiger partial charge in [0.25, 0.3) is 21.6 Å². The van der Waals surface area contributed by atoms with E-state index in [9.17, 15) is 0 Å². The van der Waals surface area contributed by atoms with Gasteiger partial charge in [0.15, 0.2) is 0 Å². The highest BCUT2D eigenvalue weighted by Gasteiger charge is 1.79. The van der Waals surface area contributed by atoms with E-state index in [1.807, 2.05) is 0 Å². The molecule has 0 heterocycles. The molecular formula is H6Cl2N2O6. The number of hydrazine groups is 1. The average Bonchev–Trinajstić information content (AvgIpc) is 1.66. The Labute approximate surface area is 62.1 Å². The largest absolute Gasteiger partial charge is 0.321 e. The first-order valence-corrected chi connectivity index (χ1v) is 3.20. The Bertz CT molecular complexity index is 29.2. The van der Waals surface area contributed by atoms with Gasteiger partial charge in [-0.15, -0.1) is 0 Å². The van der Waals surface area contributed by atoms with Gasteiger partial charge in [-0.1, -0.05) is 0 Å². The van der Waals surface area contributed by atoms with Gasteiger partial charge in [-0.3, -0.25) is 11.7 Å². The molecule has 0 aliphatic rings. The lowest BCUT2D eigenvalue weighted by Gasteiger charge is -1.72. The first-order chi connectivity index (χ1) is 4.46. The summed E-state index contributed by atoms with van der Waals surface area (Å²) in [4.78, 5) is 0. The molecule has 0 aliphatic carbocycles. The topological polar surface area (TPSA) is 185 Å². The smallest absolute Gasteiger partial charge is 0.282 e. The van der Waals surface area contributed by atoms with E-state index in [0.717, 1.165) is 0 Å². The molecule has 0 aliphatic heterocycles. The van der Waals surface area contributed by atoms with E-state index in [1.54, 1.807) is 0 Å². The van der Waals surface area contributed by atoms with Crippen LogP contribution in [0.4, 0.5) is 0 Å². The third-order valence-corrected chi connectivity index (χ3v) is 0. The summed E-state index contributed by atoms with van der Waals surface area (Å²) in [6, 6.07) is 0. The van der Waals surface area contributed by atoms with E-state index >= 15 is 0 Å². The van der Waals surface area contributed by atoms with Gasteiger partial charge in [-0.2, -0.15) is 0 Å². The van der Waals surface area contributed by atoms with Crippen molar-refractivity contribution in [1.82, 2.24) is 0 Å². The maximum Gasteiger partial charge on any atom is 0.282 e. The second-order valence-corrected chi connectivity index (χ2v) is 1.21. The molecule has 6 N–H and O–H groups in total. The second-order valence-electron chi connectivity index (χ2n) is 0.402. The zero-order valence-corrected chi connectivity index (χ0v) is 5.95. The van der Waals surface area contributed by atoms with Crippen LogP contribution in [0.1, 0.15) is 0 Å². The minimum atomic E-state index is -2.60. The molecule has 0 saturated heterocycles. The van der Waals surface area contributed by atoms with Gasteiger partial charge in [0.2, 0.25) is 0 Å². The van der Waals surface area contributed by atoms with Gasteiger partial charge in [-0.05, 0) is 0 Å². The summed E-state index contributed by atoms with van der Waals surface area (Å²) in [6.07, 6.45) is 0. The number of hydrogen-bond acceptors (Lipinski definition) is 8. The predicted molar refractivity (Wildman–Crippen MR) is 12.8 cm³/mol. The first-order valence-electron chi connectivity index (χ1n) is 1.29. The van der Waals surface area contributed by atoms with E-state index in [4.69, 9.17) is 28.0 Å². The molecule has 0 rings (SSSR count). The van der Waals surface area contributed by atoms with Crippen LogP contribution in [0.5, 0.6) is 0 Å². The quantitative estimate of drug-likeness (QED) is 0.220. The second kappa shape index (κ2) is 16.1. The molecule has 0 amide bonds. The van der Waals surface area contributed by atoms with Crippen molar-refractivity contribution in [3.8, 4) is 0 Å². The molecule has 8 nitrogen and oxygen atoms in total. The molecule has 0 radical (unpaired) electrons. The lowest BCUT2D eigenvalue weighted by Crippen LogP contribution is -2.30. The lowest BCUT2D eigenvalue weighted by atomic mass is 13.0. The van der Waals surface area contributed by atoms with Crippen molar-refractivity contribution in [2.24, 2.45) is 11.7 Å².